The molecule has 6 heteroatoms. The number of benzene rings is 2. The van der Waals surface area contributed by atoms with E-state index >= 15 is 0 Å². The molecule has 5 heterocycles. The normalized spacial score (nSPS) is 13.3. The SMILES string of the molecule is CC1(C)c2ccccc2-c2ccc(-c3nc(-c4ccc5cccnc5n4)cc(-c4ccc5cccnc5n4)n3)cc21. The Bertz CT molecular complexity index is 2050. The van der Waals surface area contributed by atoms with Crippen LogP contribution in [0.4, 0.5) is 0 Å². The largest absolute Gasteiger partial charge is 0.237 e. The van der Waals surface area contributed by atoms with Gasteiger partial charge < -0.3 is 0 Å². The molecule has 1 aliphatic carbocycles. The molecule has 0 fully saturated rings. The summed E-state index contributed by atoms with van der Waals surface area (Å²) in [4.78, 5) is 28.7. The number of hydrogen-bond acceptors (Lipinski definition) is 6. The second-order valence-corrected chi connectivity index (χ2v) is 10.9. The molecular weight excluding hydrogens is 504 g/mol. The summed E-state index contributed by atoms with van der Waals surface area (Å²) in [6.45, 7) is 4.56. The lowest BCUT2D eigenvalue weighted by Gasteiger charge is -2.21. The van der Waals surface area contributed by atoms with E-state index in [0.29, 0.717) is 28.5 Å². The Morgan fingerprint density at radius 1 is 0.488 bits per heavy atom. The van der Waals surface area contributed by atoms with Crippen LogP contribution in [0.1, 0.15) is 25.0 Å². The standard InChI is InChI=1S/C35H24N6/c1-35(2)26-10-4-3-9-24(26)25-14-11-23(19-27(25)35)34-40-30(28-15-12-21-7-5-17-36-32(21)38-28)20-31(41-34)29-16-13-22-8-6-18-37-33(22)39-29/h3-20H,1-2H3. The molecule has 41 heavy (non-hydrogen) atoms. The Morgan fingerprint density at radius 3 is 1.76 bits per heavy atom. The highest BCUT2D eigenvalue weighted by Crippen LogP contribution is 2.49. The van der Waals surface area contributed by atoms with E-state index in [4.69, 9.17) is 19.9 Å². The minimum atomic E-state index is -0.125. The highest BCUT2D eigenvalue weighted by atomic mass is 14.9. The van der Waals surface area contributed by atoms with Crippen molar-refractivity contribution in [3.05, 3.63) is 121 Å². The predicted octanol–water partition coefficient (Wildman–Crippen LogP) is 7.67. The number of aromatic nitrogens is 6. The third kappa shape index (κ3) is 3.79. The van der Waals surface area contributed by atoms with E-state index in [-0.39, 0.29) is 5.41 Å². The fourth-order valence-corrected chi connectivity index (χ4v) is 5.87. The maximum absolute atomic E-state index is 5.05. The summed E-state index contributed by atoms with van der Waals surface area (Å²) in [5, 5.41) is 1.96. The summed E-state index contributed by atoms with van der Waals surface area (Å²) in [6.07, 6.45) is 3.51. The number of hydrogen-bond donors (Lipinski definition) is 0. The van der Waals surface area contributed by atoms with Crippen LogP contribution in [0.5, 0.6) is 0 Å². The lowest BCUT2D eigenvalue weighted by atomic mass is 9.82. The van der Waals surface area contributed by atoms with Crippen LogP contribution < -0.4 is 0 Å². The topological polar surface area (TPSA) is 77.3 Å². The average Bonchev–Trinajstić information content (AvgIpc) is 3.26. The first-order valence-corrected chi connectivity index (χ1v) is 13.6. The van der Waals surface area contributed by atoms with E-state index in [2.05, 4.69) is 66.3 Å². The zero-order chi connectivity index (χ0) is 27.6. The summed E-state index contributed by atoms with van der Waals surface area (Å²) in [5.74, 6) is 0.623. The van der Waals surface area contributed by atoms with Gasteiger partial charge in [0.1, 0.15) is 0 Å². The lowest BCUT2D eigenvalue weighted by Crippen LogP contribution is -2.15. The van der Waals surface area contributed by atoms with E-state index in [9.17, 15) is 0 Å². The Kier molecular flexibility index (Phi) is 5.06. The fourth-order valence-electron chi connectivity index (χ4n) is 5.87. The van der Waals surface area contributed by atoms with Gasteiger partial charge in [-0.05, 0) is 82.9 Å². The van der Waals surface area contributed by atoms with Gasteiger partial charge in [0.05, 0.1) is 22.8 Å². The molecule has 1 aliphatic rings. The molecule has 0 radical (unpaired) electrons. The lowest BCUT2D eigenvalue weighted by molar-refractivity contribution is 0.660. The smallest absolute Gasteiger partial charge is 0.160 e. The quantitative estimate of drug-likeness (QED) is 0.234. The van der Waals surface area contributed by atoms with Crippen LogP contribution in [0.15, 0.2) is 109 Å². The van der Waals surface area contributed by atoms with E-state index < -0.39 is 0 Å². The Morgan fingerprint density at radius 2 is 1.10 bits per heavy atom. The van der Waals surface area contributed by atoms with Crippen molar-refractivity contribution in [2.75, 3.05) is 0 Å². The number of fused-ring (bicyclic) bond motifs is 5. The van der Waals surface area contributed by atoms with Gasteiger partial charge in [-0.15, -0.1) is 0 Å². The first kappa shape index (κ1) is 23.5. The van der Waals surface area contributed by atoms with Crippen LogP contribution >= 0.6 is 0 Å². The van der Waals surface area contributed by atoms with Crippen molar-refractivity contribution in [2.24, 2.45) is 0 Å². The van der Waals surface area contributed by atoms with Crippen molar-refractivity contribution >= 4 is 22.1 Å². The van der Waals surface area contributed by atoms with Gasteiger partial charge >= 0.3 is 0 Å². The molecule has 0 saturated heterocycles. The van der Waals surface area contributed by atoms with E-state index in [1.165, 1.54) is 22.3 Å². The van der Waals surface area contributed by atoms with Crippen molar-refractivity contribution in [3.63, 3.8) is 0 Å². The minimum Gasteiger partial charge on any atom is -0.237 e. The molecule has 8 rings (SSSR count). The molecule has 5 aromatic heterocycles. The van der Waals surface area contributed by atoms with Crippen molar-refractivity contribution in [1.29, 1.82) is 0 Å². The number of rotatable bonds is 3. The molecular formula is C35H24N6. The Labute approximate surface area is 236 Å². The zero-order valence-electron chi connectivity index (χ0n) is 22.6. The van der Waals surface area contributed by atoms with Crippen LogP contribution in [-0.2, 0) is 5.41 Å². The maximum atomic E-state index is 5.05. The van der Waals surface area contributed by atoms with E-state index in [1.54, 1.807) is 12.4 Å². The molecule has 0 aliphatic heterocycles. The van der Waals surface area contributed by atoms with Gasteiger partial charge in [0.25, 0.3) is 0 Å². The van der Waals surface area contributed by atoms with Gasteiger partial charge in [0, 0.05) is 34.1 Å². The van der Waals surface area contributed by atoms with Gasteiger partial charge in [-0.3, -0.25) is 0 Å². The molecule has 0 bridgehead atoms. The molecule has 0 unspecified atom stereocenters. The second kappa shape index (κ2) is 8.83. The molecule has 7 aromatic rings. The molecule has 0 amide bonds. The van der Waals surface area contributed by atoms with Gasteiger partial charge in [-0.1, -0.05) is 50.2 Å². The number of pyridine rings is 4. The van der Waals surface area contributed by atoms with Crippen LogP contribution in [0.2, 0.25) is 0 Å². The highest BCUT2D eigenvalue weighted by molar-refractivity contribution is 5.84. The van der Waals surface area contributed by atoms with E-state index in [0.717, 1.165) is 27.7 Å². The summed E-state index contributed by atoms with van der Waals surface area (Å²) in [6, 6.07) is 33.0. The molecule has 0 spiro atoms. The van der Waals surface area contributed by atoms with Gasteiger partial charge in [0.15, 0.2) is 17.1 Å². The molecule has 6 nitrogen and oxygen atoms in total. The van der Waals surface area contributed by atoms with Crippen molar-refractivity contribution < 1.29 is 0 Å². The first-order valence-electron chi connectivity index (χ1n) is 13.6. The second-order valence-electron chi connectivity index (χ2n) is 10.9. The number of nitrogens with zero attached hydrogens (tertiary/aromatic N) is 6. The van der Waals surface area contributed by atoms with Crippen molar-refractivity contribution in [3.8, 4) is 45.3 Å². The van der Waals surface area contributed by atoms with Gasteiger partial charge in [-0.2, -0.15) is 0 Å². The zero-order valence-corrected chi connectivity index (χ0v) is 22.6. The Balaban J connectivity index is 1.33. The molecule has 2 aromatic carbocycles. The van der Waals surface area contributed by atoms with Crippen LogP contribution in [0.3, 0.4) is 0 Å². The molecule has 0 saturated carbocycles. The third-order valence-corrected chi connectivity index (χ3v) is 8.02. The molecule has 194 valence electrons. The van der Waals surface area contributed by atoms with Gasteiger partial charge in [-0.25, -0.2) is 29.9 Å². The monoisotopic (exact) mass is 528 g/mol. The molecule has 0 N–H and O–H groups in total. The van der Waals surface area contributed by atoms with Crippen molar-refractivity contribution in [2.45, 2.75) is 19.3 Å². The van der Waals surface area contributed by atoms with Crippen LogP contribution in [-0.4, -0.2) is 29.9 Å². The third-order valence-electron chi connectivity index (χ3n) is 8.02. The highest BCUT2D eigenvalue weighted by Gasteiger charge is 2.35. The average molecular weight is 529 g/mol. The summed E-state index contributed by atoms with van der Waals surface area (Å²) >= 11 is 0. The fraction of sp³-hybridized carbons (Fsp3) is 0.0857. The summed E-state index contributed by atoms with van der Waals surface area (Å²) in [5.41, 5.74) is 10.2. The predicted molar refractivity (Wildman–Crippen MR) is 162 cm³/mol. The van der Waals surface area contributed by atoms with E-state index in [1.807, 2.05) is 54.6 Å². The minimum absolute atomic E-state index is 0.125. The first-order chi connectivity index (χ1) is 20.0. The van der Waals surface area contributed by atoms with Crippen LogP contribution in [0, 0.1) is 0 Å². The van der Waals surface area contributed by atoms with Crippen molar-refractivity contribution in [1.82, 2.24) is 29.9 Å². The maximum Gasteiger partial charge on any atom is 0.160 e. The summed E-state index contributed by atoms with van der Waals surface area (Å²) in [7, 11) is 0. The Hall–Kier alpha value is -5.36. The van der Waals surface area contributed by atoms with Crippen LogP contribution in [0.25, 0.3) is 67.4 Å². The molecule has 0 atom stereocenters. The summed E-state index contributed by atoms with van der Waals surface area (Å²) < 4.78 is 0. The van der Waals surface area contributed by atoms with Gasteiger partial charge in [0.2, 0.25) is 0 Å².